The first-order valence-electron chi connectivity index (χ1n) is 6.33. The number of rotatable bonds is 2. The minimum absolute atomic E-state index is 0.0596. The largest absolute Gasteiger partial charge is 0.325 e. The molecule has 2 rings (SSSR count). The van der Waals surface area contributed by atoms with Gasteiger partial charge in [0.15, 0.2) is 0 Å². The lowest BCUT2D eigenvalue weighted by molar-refractivity contribution is -0.134. The summed E-state index contributed by atoms with van der Waals surface area (Å²) in [5.74, 6) is 0.0371. The number of hydrogen-bond acceptors (Lipinski definition) is 3. The number of carbonyl (C=O) groups is 2. The first-order chi connectivity index (χ1) is 7.97. The van der Waals surface area contributed by atoms with E-state index in [9.17, 15) is 9.59 Å². The monoisotopic (exact) mass is 239 g/mol. The molecule has 3 amide bonds. The lowest BCUT2D eigenvalue weighted by Crippen LogP contribution is -2.50. The fourth-order valence-corrected chi connectivity index (χ4v) is 2.47. The van der Waals surface area contributed by atoms with E-state index in [1.165, 1.54) is 4.90 Å². The van der Waals surface area contributed by atoms with Crippen LogP contribution in [0, 0.1) is 5.92 Å². The van der Waals surface area contributed by atoms with Gasteiger partial charge in [0.25, 0.3) is 5.91 Å². The SMILES string of the molecule is CC(C)C1(C)NC(=O)N(C2CCNCC2)C1=O. The quantitative estimate of drug-likeness (QED) is 0.697. The van der Waals surface area contributed by atoms with Crippen LogP contribution in [0.1, 0.15) is 33.6 Å². The van der Waals surface area contributed by atoms with Crippen LogP contribution < -0.4 is 10.6 Å². The molecule has 2 fully saturated rings. The van der Waals surface area contributed by atoms with E-state index in [0.29, 0.717) is 0 Å². The van der Waals surface area contributed by atoms with Gasteiger partial charge in [-0.3, -0.25) is 9.69 Å². The van der Waals surface area contributed by atoms with Crippen LogP contribution in [0.15, 0.2) is 0 Å². The van der Waals surface area contributed by atoms with Crippen LogP contribution >= 0.6 is 0 Å². The van der Waals surface area contributed by atoms with Gasteiger partial charge >= 0.3 is 6.03 Å². The molecule has 2 aliphatic rings. The van der Waals surface area contributed by atoms with Crippen molar-refractivity contribution in [1.29, 1.82) is 0 Å². The van der Waals surface area contributed by atoms with Gasteiger partial charge in [-0.1, -0.05) is 13.8 Å². The lowest BCUT2D eigenvalue weighted by Gasteiger charge is -2.31. The van der Waals surface area contributed by atoms with E-state index in [4.69, 9.17) is 0 Å². The topological polar surface area (TPSA) is 61.4 Å². The smallest absolute Gasteiger partial charge is 0.323 e. The number of nitrogens with zero attached hydrogens (tertiary/aromatic N) is 1. The second kappa shape index (κ2) is 4.29. The molecular weight excluding hydrogens is 218 g/mol. The lowest BCUT2D eigenvalue weighted by atomic mass is 9.88. The maximum absolute atomic E-state index is 12.4. The Hall–Kier alpha value is -1.10. The van der Waals surface area contributed by atoms with Crippen molar-refractivity contribution in [2.45, 2.75) is 45.2 Å². The van der Waals surface area contributed by atoms with Crippen LogP contribution in [0.25, 0.3) is 0 Å². The van der Waals surface area contributed by atoms with Gasteiger partial charge < -0.3 is 10.6 Å². The van der Waals surface area contributed by atoms with E-state index in [0.717, 1.165) is 25.9 Å². The van der Waals surface area contributed by atoms with Crippen molar-refractivity contribution in [2.75, 3.05) is 13.1 Å². The fourth-order valence-electron chi connectivity index (χ4n) is 2.47. The van der Waals surface area contributed by atoms with Crippen LogP contribution in [0.4, 0.5) is 4.79 Å². The van der Waals surface area contributed by atoms with Crippen molar-refractivity contribution in [3.63, 3.8) is 0 Å². The molecule has 0 aliphatic carbocycles. The van der Waals surface area contributed by atoms with Crippen molar-refractivity contribution >= 4 is 11.9 Å². The third-order valence-corrected chi connectivity index (χ3v) is 4.08. The van der Waals surface area contributed by atoms with E-state index >= 15 is 0 Å². The van der Waals surface area contributed by atoms with Gasteiger partial charge in [-0.15, -0.1) is 0 Å². The van der Waals surface area contributed by atoms with Gasteiger partial charge in [-0.05, 0) is 38.8 Å². The van der Waals surface area contributed by atoms with Crippen LogP contribution in [0.2, 0.25) is 0 Å². The van der Waals surface area contributed by atoms with Crippen LogP contribution in [0.3, 0.4) is 0 Å². The molecule has 1 unspecified atom stereocenters. The summed E-state index contributed by atoms with van der Waals surface area (Å²) in [6.07, 6.45) is 1.71. The number of hydrogen-bond donors (Lipinski definition) is 2. The second-order valence-electron chi connectivity index (χ2n) is 5.44. The molecule has 5 nitrogen and oxygen atoms in total. The predicted octanol–water partition coefficient (Wildman–Crippen LogP) is 0.705. The van der Waals surface area contributed by atoms with Crippen molar-refractivity contribution in [2.24, 2.45) is 5.92 Å². The van der Waals surface area contributed by atoms with Gasteiger partial charge in [-0.25, -0.2) is 4.79 Å². The zero-order valence-electron chi connectivity index (χ0n) is 10.7. The summed E-state index contributed by atoms with van der Waals surface area (Å²) in [5.41, 5.74) is -0.734. The molecule has 0 aromatic heterocycles. The van der Waals surface area contributed by atoms with E-state index < -0.39 is 5.54 Å². The molecule has 0 bridgehead atoms. The predicted molar refractivity (Wildman–Crippen MR) is 64.5 cm³/mol. The Balaban J connectivity index is 2.19. The van der Waals surface area contributed by atoms with Crippen molar-refractivity contribution in [3.05, 3.63) is 0 Å². The van der Waals surface area contributed by atoms with Gasteiger partial charge in [0.2, 0.25) is 0 Å². The average Bonchev–Trinajstić information content (AvgIpc) is 2.52. The van der Waals surface area contributed by atoms with E-state index in [1.807, 2.05) is 20.8 Å². The van der Waals surface area contributed by atoms with Gasteiger partial charge in [-0.2, -0.15) is 0 Å². The Labute approximate surface area is 102 Å². The Bertz CT molecular complexity index is 337. The Morgan fingerprint density at radius 3 is 2.35 bits per heavy atom. The van der Waals surface area contributed by atoms with E-state index in [1.54, 1.807) is 0 Å². The maximum Gasteiger partial charge on any atom is 0.325 e. The molecule has 0 aromatic carbocycles. The number of amides is 3. The summed E-state index contributed by atoms with van der Waals surface area (Å²) >= 11 is 0. The Morgan fingerprint density at radius 2 is 1.88 bits per heavy atom. The number of urea groups is 1. The van der Waals surface area contributed by atoms with Gasteiger partial charge in [0.1, 0.15) is 5.54 Å². The molecule has 2 N–H and O–H groups in total. The van der Waals surface area contributed by atoms with Crippen molar-refractivity contribution in [1.82, 2.24) is 15.5 Å². The van der Waals surface area contributed by atoms with Crippen LogP contribution in [-0.4, -0.2) is 41.5 Å². The molecule has 96 valence electrons. The summed E-state index contributed by atoms with van der Waals surface area (Å²) in [6, 6.07) is -0.164. The molecule has 0 radical (unpaired) electrons. The van der Waals surface area contributed by atoms with Gasteiger partial charge in [0, 0.05) is 6.04 Å². The van der Waals surface area contributed by atoms with Gasteiger partial charge in [0.05, 0.1) is 0 Å². The van der Waals surface area contributed by atoms with Crippen LogP contribution in [0.5, 0.6) is 0 Å². The van der Waals surface area contributed by atoms with E-state index in [2.05, 4.69) is 10.6 Å². The minimum Gasteiger partial charge on any atom is -0.323 e. The molecule has 2 aliphatic heterocycles. The molecule has 0 saturated carbocycles. The van der Waals surface area contributed by atoms with Crippen molar-refractivity contribution in [3.8, 4) is 0 Å². The third kappa shape index (κ3) is 1.92. The highest BCUT2D eigenvalue weighted by atomic mass is 16.2. The number of nitrogens with one attached hydrogen (secondary N) is 2. The summed E-state index contributed by atoms with van der Waals surface area (Å²) in [4.78, 5) is 25.8. The maximum atomic E-state index is 12.4. The minimum atomic E-state index is -0.734. The number of piperidine rings is 1. The first-order valence-corrected chi connectivity index (χ1v) is 6.33. The zero-order chi connectivity index (χ0) is 12.6. The molecule has 17 heavy (non-hydrogen) atoms. The summed E-state index contributed by atoms with van der Waals surface area (Å²) < 4.78 is 0. The Kier molecular flexibility index (Phi) is 3.12. The van der Waals surface area contributed by atoms with E-state index in [-0.39, 0.29) is 23.9 Å². The average molecular weight is 239 g/mol. The number of imide groups is 1. The molecule has 0 aromatic rings. The van der Waals surface area contributed by atoms with Crippen molar-refractivity contribution < 1.29 is 9.59 Å². The first kappa shape index (κ1) is 12.4. The summed E-state index contributed by atoms with van der Waals surface area (Å²) in [7, 11) is 0. The molecule has 0 spiro atoms. The fraction of sp³-hybridized carbons (Fsp3) is 0.833. The Morgan fingerprint density at radius 1 is 1.29 bits per heavy atom. The molecule has 2 heterocycles. The zero-order valence-corrected chi connectivity index (χ0v) is 10.7. The summed E-state index contributed by atoms with van der Waals surface area (Å²) in [6.45, 7) is 7.49. The highest BCUT2D eigenvalue weighted by molar-refractivity contribution is 6.07. The normalized spacial score (nSPS) is 31.2. The number of carbonyl (C=O) groups excluding carboxylic acids is 2. The molecule has 1 atom stereocenters. The highest BCUT2D eigenvalue weighted by Gasteiger charge is 2.51. The second-order valence-corrected chi connectivity index (χ2v) is 5.44. The van der Waals surface area contributed by atoms with Crippen LogP contribution in [-0.2, 0) is 4.79 Å². The molecule has 5 heteroatoms. The highest BCUT2D eigenvalue weighted by Crippen LogP contribution is 2.28. The molecular formula is C12H21N3O2. The third-order valence-electron chi connectivity index (χ3n) is 4.08. The standard InChI is InChI=1S/C12H21N3O2/c1-8(2)12(3)10(16)15(11(17)14-12)9-4-6-13-7-5-9/h8-9,13H,4-7H2,1-3H3,(H,14,17). The summed E-state index contributed by atoms with van der Waals surface area (Å²) in [5, 5.41) is 6.09. The molecule has 2 saturated heterocycles.